The van der Waals surface area contributed by atoms with Crippen LogP contribution in [0.2, 0.25) is 0 Å². The Hall–Kier alpha value is -4.62. The highest BCUT2D eigenvalue weighted by molar-refractivity contribution is 5.87. The Morgan fingerprint density at radius 1 is 0.759 bits per heavy atom. The number of aromatic nitrogens is 4. The summed E-state index contributed by atoms with van der Waals surface area (Å²) in [6.45, 7) is 8.94. The van der Waals surface area contributed by atoms with Gasteiger partial charge in [0.05, 0.1) is 37.3 Å². The van der Waals surface area contributed by atoms with Crippen molar-refractivity contribution in [2.45, 2.75) is 127 Å². The van der Waals surface area contributed by atoms with Crippen LogP contribution < -0.4 is 10.6 Å². The highest BCUT2D eigenvalue weighted by Gasteiger charge is 2.51. The predicted molar refractivity (Wildman–Crippen MR) is 201 cm³/mol. The van der Waals surface area contributed by atoms with Crippen LogP contribution in [-0.2, 0) is 29.9 Å². The van der Waals surface area contributed by atoms with Gasteiger partial charge >= 0.3 is 12.2 Å². The molecular weight excluding hydrogens is 688 g/mol. The summed E-state index contributed by atoms with van der Waals surface area (Å²) in [4.78, 5) is 72.3. The second-order valence-corrected chi connectivity index (χ2v) is 16.7. The Kier molecular flexibility index (Phi) is 10.4. The van der Waals surface area contributed by atoms with E-state index in [1.807, 2.05) is 43.7 Å². The molecule has 3 saturated carbocycles. The van der Waals surface area contributed by atoms with E-state index in [9.17, 15) is 19.2 Å². The number of imidazole rings is 2. The normalized spacial score (nSPS) is 26.4. The molecule has 5 fully saturated rings. The van der Waals surface area contributed by atoms with Crippen LogP contribution in [0.25, 0.3) is 11.0 Å². The molecule has 2 saturated heterocycles. The van der Waals surface area contributed by atoms with E-state index in [0.29, 0.717) is 13.1 Å². The number of carbonyl (C=O) groups is 4. The third-order valence-electron chi connectivity index (χ3n) is 13.0. The van der Waals surface area contributed by atoms with Crippen molar-refractivity contribution in [1.29, 1.82) is 0 Å². The Morgan fingerprint density at radius 2 is 1.28 bits per heavy atom. The van der Waals surface area contributed by atoms with Crippen molar-refractivity contribution >= 4 is 35.0 Å². The lowest BCUT2D eigenvalue weighted by molar-refractivity contribution is -0.136. The number of alkyl carbamates (subject to hydrolysis) is 2. The Labute approximate surface area is 316 Å². The largest absolute Gasteiger partial charge is 0.453 e. The van der Waals surface area contributed by atoms with Gasteiger partial charge in [-0.2, -0.15) is 0 Å². The molecule has 4 unspecified atom stereocenters. The topological polar surface area (TPSA) is 175 Å². The number of ether oxygens (including phenoxy) is 2. The Bertz CT molecular complexity index is 1860. The minimum Gasteiger partial charge on any atom is -0.453 e. The minimum absolute atomic E-state index is 0.0354. The first-order valence-electron chi connectivity index (χ1n) is 19.7. The van der Waals surface area contributed by atoms with Crippen LogP contribution in [0.3, 0.4) is 0 Å². The number of likely N-dealkylation sites (tertiary alicyclic amines) is 2. The fourth-order valence-corrected chi connectivity index (χ4v) is 9.70. The Balaban J connectivity index is 1.04. The minimum atomic E-state index is -0.674. The standard InChI is InChI=1S/C40H56N8O6/c1-23(2)31(45-37(51)53-5)35(49)47-19-7-9-28(47)33-41-22-30(44-33)40-16-13-39(14-17-40,15-18-40)25-11-12-26-27(21-25)43-34(42-26)29-10-8-20-48(29)36(50)32(24(3)4)46-38(52)54-6/h11-12,21-24,28-29,31-32H,7-10,13-20H2,1-6H3,(H,41,44)(H,42,43)(H,45,51)(H,46,52). The fraction of sp³-hybridized carbons (Fsp3) is 0.650. The molecule has 54 heavy (non-hydrogen) atoms. The summed E-state index contributed by atoms with van der Waals surface area (Å²) in [7, 11) is 2.61. The van der Waals surface area contributed by atoms with Crippen molar-refractivity contribution in [3.05, 3.63) is 47.3 Å². The highest BCUT2D eigenvalue weighted by atomic mass is 16.5. The van der Waals surface area contributed by atoms with Crippen LogP contribution in [-0.4, -0.2) is 93.1 Å². The van der Waals surface area contributed by atoms with Gasteiger partial charge in [-0.25, -0.2) is 19.6 Å². The maximum Gasteiger partial charge on any atom is 0.407 e. The summed E-state index contributed by atoms with van der Waals surface area (Å²) in [5, 5.41) is 5.46. The van der Waals surface area contributed by atoms with Crippen LogP contribution in [0.15, 0.2) is 24.4 Å². The summed E-state index contributed by atoms with van der Waals surface area (Å²) in [5.41, 5.74) is 4.52. The molecule has 4 atom stereocenters. The van der Waals surface area contributed by atoms with Crippen molar-refractivity contribution in [1.82, 2.24) is 40.4 Å². The van der Waals surface area contributed by atoms with Crippen molar-refractivity contribution in [3.8, 4) is 0 Å². The summed E-state index contributed by atoms with van der Waals surface area (Å²) in [5.74, 6) is 1.22. The number of amides is 4. The third kappa shape index (κ3) is 6.81. The third-order valence-corrected chi connectivity index (χ3v) is 13.0. The van der Waals surface area contributed by atoms with E-state index in [2.05, 4.69) is 38.8 Å². The van der Waals surface area contributed by atoms with Crippen molar-refractivity contribution in [3.63, 3.8) is 0 Å². The van der Waals surface area contributed by atoms with Crippen LogP contribution in [0.1, 0.15) is 127 Å². The molecule has 2 bridgehead atoms. The molecule has 0 radical (unpaired) electrons. The lowest BCUT2D eigenvalue weighted by Gasteiger charge is -2.53. The molecule has 1 aromatic carbocycles. The average molecular weight is 745 g/mol. The highest BCUT2D eigenvalue weighted by Crippen LogP contribution is 2.58. The number of fused-ring (bicyclic) bond motifs is 4. The summed E-state index contributed by atoms with van der Waals surface area (Å²) in [6, 6.07) is 4.98. The number of nitrogens with zero attached hydrogens (tertiary/aromatic N) is 4. The van der Waals surface area contributed by atoms with Gasteiger partial charge in [0, 0.05) is 30.4 Å². The van der Waals surface area contributed by atoms with E-state index in [4.69, 9.17) is 19.4 Å². The van der Waals surface area contributed by atoms with E-state index in [1.165, 1.54) is 25.5 Å². The molecule has 14 nitrogen and oxygen atoms in total. The van der Waals surface area contributed by atoms with Gasteiger partial charge in [0.25, 0.3) is 0 Å². The van der Waals surface area contributed by atoms with Gasteiger partial charge in [0.15, 0.2) is 0 Å². The van der Waals surface area contributed by atoms with Crippen LogP contribution in [0, 0.1) is 11.8 Å². The number of methoxy groups -OCH3 is 2. The van der Waals surface area contributed by atoms with Gasteiger partial charge in [-0.15, -0.1) is 0 Å². The monoisotopic (exact) mass is 744 g/mol. The number of aromatic amines is 2. The Morgan fingerprint density at radius 3 is 1.80 bits per heavy atom. The first kappa shape index (κ1) is 37.7. The quantitative estimate of drug-likeness (QED) is 0.198. The van der Waals surface area contributed by atoms with E-state index in [0.717, 1.165) is 86.9 Å². The van der Waals surface area contributed by atoms with E-state index < -0.39 is 24.3 Å². The number of hydrogen-bond acceptors (Lipinski definition) is 8. The van der Waals surface area contributed by atoms with Crippen molar-refractivity contribution in [2.24, 2.45) is 11.8 Å². The van der Waals surface area contributed by atoms with Crippen LogP contribution >= 0.6 is 0 Å². The zero-order valence-electron chi connectivity index (χ0n) is 32.5. The molecule has 292 valence electrons. The van der Waals surface area contributed by atoms with E-state index in [-0.39, 0.29) is 46.6 Å². The molecule has 3 aliphatic carbocycles. The number of carbonyl (C=O) groups excluding carboxylic acids is 4. The molecule has 3 aromatic rings. The van der Waals surface area contributed by atoms with Gasteiger partial charge in [0.2, 0.25) is 11.8 Å². The number of benzene rings is 1. The van der Waals surface area contributed by atoms with Gasteiger partial charge in [-0.1, -0.05) is 33.8 Å². The zero-order chi connectivity index (χ0) is 38.4. The van der Waals surface area contributed by atoms with Crippen molar-refractivity contribution < 1.29 is 28.7 Å². The molecular formula is C40H56N8O6. The second kappa shape index (κ2) is 14.9. The first-order chi connectivity index (χ1) is 25.9. The smallest absolute Gasteiger partial charge is 0.407 e. The molecule has 0 spiro atoms. The average Bonchev–Trinajstić information content (AvgIpc) is 4.01. The lowest BCUT2D eigenvalue weighted by atomic mass is 9.51. The molecule has 4 amide bonds. The summed E-state index contributed by atoms with van der Waals surface area (Å²) in [6.07, 6.45) is 10.6. The van der Waals surface area contributed by atoms with E-state index >= 15 is 0 Å². The summed E-state index contributed by atoms with van der Waals surface area (Å²) >= 11 is 0. The SMILES string of the molecule is COC(=O)NC(C(=O)N1CCCC1c1ncc(C23CCC(c4ccc5nc(C6CCCN6C(=O)C(NC(=O)OC)C(C)C)[nH]c5c4)(CC2)CC3)[nH]1)C(C)C. The second-order valence-electron chi connectivity index (χ2n) is 16.7. The van der Waals surface area contributed by atoms with E-state index in [1.54, 1.807) is 0 Å². The van der Waals surface area contributed by atoms with Gasteiger partial charge in [-0.05, 0) is 99.2 Å². The first-order valence-corrected chi connectivity index (χ1v) is 19.7. The van der Waals surface area contributed by atoms with Gasteiger partial charge in [-0.3, -0.25) is 9.59 Å². The molecule has 4 heterocycles. The molecule has 8 rings (SSSR count). The molecule has 2 aromatic heterocycles. The number of nitrogens with one attached hydrogen (secondary N) is 4. The number of hydrogen-bond donors (Lipinski definition) is 4. The summed E-state index contributed by atoms with van der Waals surface area (Å²) < 4.78 is 9.58. The molecule has 4 N–H and O–H groups in total. The van der Waals surface area contributed by atoms with Crippen molar-refractivity contribution in [2.75, 3.05) is 27.3 Å². The van der Waals surface area contributed by atoms with Gasteiger partial charge in [0.1, 0.15) is 23.7 Å². The predicted octanol–water partition coefficient (Wildman–Crippen LogP) is 5.92. The zero-order valence-corrected chi connectivity index (χ0v) is 32.5. The number of H-pyrrole nitrogens is 2. The number of rotatable bonds is 10. The lowest BCUT2D eigenvalue weighted by Crippen LogP contribution is -2.51. The fourth-order valence-electron chi connectivity index (χ4n) is 9.70. The van der Waals surface area contributed by atoms with Crippen LogP contribution in [0.4, 0.5) is 9.59 Å². The van der Waals surface area contributed by atoms with Gasteiger partial charge < -0.3 is 39.9 Å². The molecule has 14 heteroatoms. The maximum atomic E-state index is 13.7. The van der Waals surface area contributed by atoms with Crippen LogP contribution in [0.5, 0.6) is 0 Å². The maximum absolute atomic E-state index is 13.7. The molecule has 2 aliphatic heterocycles. The molecule has 5 aliphatic rings.